The maximum Gasteiger partial charge on any atom is 0.145 e. The van der Waals surface area contributed by atoms with Crippen LogP contribution in [0.1, 0.15) is 19.9 Å². The first-order valence-electron chi connectivity index (χ1n) is 6.63. The Labute approximate surface area is 141 Å². The first-order valence-corrected chi connectivity index (χ1v) is 8.09. The molecule has 0 fully saturated rings. The van der Waals surface area contributed by atoms with Crippen LogP contribution in [0.3, 0.4) is 0 Å². The number of phenols is 1. The van der Waals surface area contributed by atoms with Gasteiger partial charge >= 0.3 is 0 Å². The molecule has 108 valence electrons. The summed E-state index contributed by atoms with van der Waals surface area (Å²) in [4.78, 5) is 4.68. The minimum absolute atomic E-state index is 0.225. The van der Waals surface area contributed by atoms with Crippen LogP contribution in [0.5, 0.6) is 5.75 Å². The molecule has 0 saturated heterocycles. The van der Waals surface area contributed by atoms with Gasteiger partial charge in [-0.05, 0) is 72.8 Å². The molecule has 1 aromatic heterocycles. The third kappa shape index (κ3) is 2.62. The van der Waals surface area contributed by atoms with Crippen molar-refractivity contribution in [1.82, 2.24) is 9.55 Å². The second-order valence-corrected chi connectivity index (χ2v) is 6.88. The predicted molar refractivity (Wildman–Crippen MR) is 94.9 cm³/mol. The summed E-state index contributed by atoms with van der Waals surface area (Å²) >= 11 is 8.29. The van der Waals surface area contributed by atoms with E-state index in [0.717, 1.165) is 26.0 Å². The maximum atomic E-state index is 10.2. The normalized spacial score (nSPS) is 11.5. The van der Waals surface area contributed by atoms with Crippen molar-refractivity contribution in [3.63, 3.8) is 0 Å². The molecule has 0 amide bonds. The highest BCUT2D eigenvalue weighted by Crippen LogP contribution is 2.35. The van der Waals surface area contributed by atoms with Crippen molar-refractivity contribution in [2.24, 2.45) is 0 Å². The summed E-state index contributed by atoms with van der Waals surface area (Å²) in [5.74, 6) is 0.997. The highest BCUT2D eigenvalue weighted by Gasteiger charge is 2.17. The van der Waals surface area contributed by atoms with Crippen LogP contribution < -0.4 is 0 Å². The van der Waals surface area contributed by atoms with E-state index in [9.17, 15) is 5.11 Å². The molecule has 0 radical (unpaired) electrons. The van der Waals surface area contributed by atoms with Crippen LogP contribution in [0.2, 0.25) is 5.02 Å². The number of benzene rings is 2. The Balaban J connectivity index is 2.36. The standard InChI is InChI=1S/C16H14ClIN2O/c1-9(2)20-14-5-3-10(17)7-13(14)19-16(20)12-8-11(18)4-6-15(12)21/h3-9,21H,1-2H3. The Kier molecular flexibility index (Phi) is 3.84. The largest absolute Gasteiger partial charge is 0.507 e. The fourth-order valence-electron chi connectivity index (χ4n) is 2.47. The molecule has 21 heavy (non-hydrogen) atoms. The predicted octanol–water partition coefficient (Wildman–Crippen LogP) is 5.25. The van der Waals surface area contributed by atoms with Crippen LogP contribution in [-0.4, -0.2) is 14.7 Å². The number of halogens is 2. The molecule has 0 bridgehead atoms. The van der Waals surface area contributed by atoms with Gasteiger partial charge in [-0.25, -0.2) is 4.98 Å². The van der Waals surface area contributed by atoms with Gasteiger partial charge in [-0.15, -0.1) is 0 Å². The number of phenolic OH excluding ortho intramolecular Hbond substituents is 1. The Hall–Kier alpha value is -1.27. The highest BCUT2D eigenvalue weighted by molar-refractivity contribution is 14.1. The van der Waals surface area contributed by atoms with Crippen LogP contribution in [0.25, 0.3) is 22.4 Å². The van der Waals surface area contributed by atoms with E-state index in [1.165, 1.54) is 0 Å². The van der Waals surface area contributed by atoms with Gasteiger partial charge in [-0.2, -0.15) is 0 Å². The Morgan fingerprint density at radius 2 is 1.95 bits per heavy atom. The van der Waals surface area contributed by atoms with Gasteiger partial charge in [-0.1, -0.05) is 11.6 Å². The summed E-state index contributed by atoms with van der Waals surface area (Å²) in [6.45, 7) is 4.20. The molecule has 3 nitrogen and oxygen atoms in total. The second-order valence-electron chi connectivity index (χ2n) is 5.19. The summed E-state index contributed by atoms with van der Waals surface area (Å²) in [5, 5.41) is 10.9. The summed E-state index contributed by atoms with van der Waals surface area (Å²) in [6.07, 6.45) is 0. The van der Waals surface area contributed by atoms with Gasteiger partial charge in [-0.3, -0.25) is 0 Å². The van der Waals surface area contributed by atoms with E-state index in [0.29, 0.717) is 5.02 Å². The number of hydrogen-bond acceptors (Lipinski definition) is 2. The molecular weight excluding hydrogens is 399 g/mol. The number of aromatic nitrogens is 2. The average molecular weight is 413 g/mol. The van der Waals surface area contributed by atoms with Crippen molar-refractivity contribution in [2.45, 2.75) is 19.9 Å². The van der Waals surface area contributed by atoms with Crippen LogP contribution in [0.4, 0.5) is 0 Å². The van der Waals surface area contributed by atoms with Gasteiger partial charge in [0.1, 0.15) is 11.6 Å². The van der Waals surface area contributed by atoms with E-state index in [1.54, 1.807) is 6.07 Å². The SMILES string of the molecule is CC(C)n1c(-c2cc(I)ccc2O)nc2cc(Cl)ccc21. The lowest BCUT2D eigenvalue weighted by Crippen LogP contribution is -2.03. The zero-order chi connectivity index (χ0) is 15.1. The molecule has 0 atom stereocenters. The Morgan fingerprint density at radius 1 is 1.19 bits per heavy atom. The molecule has 0 aliphatic heterocycles. The van der Waals surface area contributed by atoms with Gasteiger partial charge in [0, 0.05) is 14.6 Å². The van der Waals surface area contributed by atoms with Crippen molar-refractivity contribution in [1.29, 1.82) is 0 Å². The van der Waals surface area contributed by atoms with Gasteiger partial charge in [0.05, 0.1) is 16.6 Å². The number of aromatic hydroxyl groups is 1. The number of hydrogen-bond donors (Lipinski definition) is 1. The van der Waals surface area contributed by atoms with E-state index in [4.69, 9.17) is 11.6 Å². The number of imidazole rings is 1. The summed E-state index contributed by atoms with van der Waals surface area (Å²) in [5.41, 5.74) is 2.59. The summed E-state index contributed by atoms with van der Waals surface area (Å²) in [6, 6.07) is 11.4. The molecule has 3 rings (SSSR count). The van der Waals surface area contributed by atoms with Gasteiger partial charge in [0.2, 0.25) is 0 Å². The zero-order valence-electron chi connectivity index (χ0n) is 11.6. The lowest BCUT2D eigenvalue weighted by atomic mass is 10.2. The van der Waals surface area contributed by atoms with E-state index in [1.807, 2.05) is 30.3 Å². The molecule has 0 unspecified atom stereocenters. The molecule has 2 aromatic carbocycles. The van der Waals surface area contributed by atoms with E-state index >= 15 is 0 Å². The van der Waals surface area contributed by atoms with Crippen LogP contribution in [0.15, 0.2) is 36.4 Å². The van der Waals surface area contributed by atoms with Crippen LogP contribution in [-0.2, 0) is 0 Å². The molecule has 1 N–H and O–H groups in total. The number of fused-ring (bicyclic) bond motifs is 1. The molecule has 0 saturated carbocycles. The smallest absolute Gasteiger partial charge is 0.145 e. The van der Waals surface area contributed by atoms with Crippen molar-refractivity contribution >= 4 is 45.2 Å². The minimum Gasteiger partial charge on any atom is -0.507 e. The van der Waals surface area contributed by atoms with Crippen molar-refractivity contribution in [3.8, 4) is 17.1 Å². The third-order valence-electron chi connectivity index (χ3n) is 3.37. The topological polar surface area (TPSA) is 38.0 Å². The highest BCUT2D eigenvalue weighted by atomic mass is 127. The molecule has 3 aromatic rings. The number of nitrogens with zero attached hydrogens (tertiary/aromatic N) is 2. The molecule has 0 spiro atoms. The first-order chi connectivity index (χ1) is 9.97. The van der Waals surface area contributed by atoms with Crippen molar-refractivity contribution in [3.05, 3.63) is 45.0 Å². The minimum atomic E-state index is 0.225. The van der Waals surface area contributed by atoms with Crippen LogP contribution >= 0.6 is 34.2 Å². The summed E-state index contributed by atoms with van der Waals surface area (Å²) < 4.78 is 3.18. The van der Waals surface area contributed by atoms with Gasteiger partial charge < -0.3 is 9.67 Å². The van der Waals surface area contributed by atoms with Crippen LogP contribution in [0, 0.1) is 3.57 Å². The lowest BCUT2D eigenvalue weighted by Gasteiger charge is -2.14. The fourth-order valence-corrected chi connectivity index (χ4v) is 3.13. The van der Waals surface area contributed by atoms with E-state index in [2.05, 4.69) is 46.0 Å². The van der Waals surface area contributed by atoms with Crippen molar-refractivity contribution < 1.29 is 5.11 Å². The number of rotatable bonds is 2. The first kappa shape index (κ1) is 14.7. The molecule has 0 aliphatic rings. The van der Waals surface area contributed by atoms with Gasteiger partial charge in [0.15, 0.2) is 0 Å². The average Bonchev–Trinajstić information content (AvgIpc) is 2.79. The van der Waals surface area contributed by atoms with E-state index in [-0.39, 0.29) is 11.8 Å². The second kappa shape index (κ2) is 5.50. The summed E-state index contributed by atoms with van der Waals surface area (Å²) in [7, 11) is 0. The molecule has 1 heterocycles. The Morgan fingerprint density at radius 3 is 2.67 bits per heavy atom. The van der Waals surface area contributed by atoms with E-state index < -0.39 is 0 Å². The maximum absolute atomic E-state index is 10.2. The van der Waals surface area contributed by atoms with Gasteiger partial charge in [0.25, 0.3) is 0 Å². The molecule has 0 aliphatic carbocycles. The van der Waals surface area contributed by atoms with Crippen molar-refractivity contribution in [2.75, 3.05) is 0 Å². The zero-order valence-corrected chi connectivity index (χ0v) is 14.6. The third-order valence-corrected chi connectivity index (χ3v) is 4.27. The fraction of sp³-hybridized carbons (Fsp3) is 0.188. The monoisotopic (exact) mass is 412 g/mol. The molecule has 5 heteroatoms. The lowest BCUT2D eigenvalue weighted by molar-refractivity contribution is 0.476. The quantitative estimate of drug-likeness (QED) is 0.584. The Bertz CT molecular complexity index is 827. The molecular formula is C16H14ClIN2O.